The molecule has 1 aliphatic rings. The van der Waals surface area contributed by atoms with Crippen molar-refractivity contribution in [2.45, 2.75) is 57.7 Å². The summed E-state index contributed by atoms with van der Waals surface area (Å²) in [4.78, 5) is 40.0. The Balaban J connectivity index is 1.62. The molecule has 1 saturated heterocycles. The number of halogens is 1. The third kappa shape index (κ3) is 7.57. The van der Waals surface area contributed by atoms with E-state index < -0.39 is 17.8 Å². The first-order valence-corrected chi connectivity index (χ1v) is 11.6. The number of hydrogen-bond acceptors (Lipinski definition) is 3. The van der Waals surface area contributed by atoms with Crippen LogP contribution in [-0.4, -0.2) is 53.5 Å². The number of likely N-dealkylation sites (tertiary alicyclic amines) is 1. The van der Waals surface area contributed by atoms with Crippen molar-refractivity contribution in [1.82, 2.24) is 20.9 Å². The molecule has 1 heterocycles. The topological polar surface area (TPSA) is 90.5 Å². The number of carbonyl (C=O) groups excluding carboxylic acids is 3. The zero-order valence-electron chi connectivity index (χ0n) is 19.9. The van der Waals surface area contributed by atoms with Crippen molar-refractivity contribution in [3.63, 3.8) is 0 Å². The highest BCUT2D eigenvalue weighted by molar-refractivity contribution is 5.97. The smallest absolute Gasteiger partial charge is 0.317 e. The Bertz CT molecular complexity index is 981. The van der Waals surface area contributed by atoms with Gasteiger partial charge in [-0.3, -0.25) is 9.59 Å². The maximum Gasteiger partial charge on any atom is 0.317 e. The SMILES string of the molecule is CC(C)(C)NC(=O)N1CCC(NC(=O)[C@H](Cc2ccccc2)NC(=O)c2ccc(F)cc2)CC1. The first kappa shape index (κ1) is 25.2. The van der Waals surface area contributed by atoms with E-state index in [2.05, 4.69) is 16.0 Å². The van der Waals surface area contributed by atoms with E-state index in [1.54, 1.807) is 4.90 Å². The number of benzene rings is 2. The molecule has 0 unspecified atom stereocenters. The third-order valence-corrected chi connectivity index (χ3v) is 5.62. The standard InChI is InChI=1S/C26H33FN4O3/c1-26(2,3)30-25(34)31-15-13-21(14-16-31)28-24(33)22(17-18-7-5-4-6-8-18)29-23(32)19-9-11-20(27)12-10-19/h4-12,21-22H,13-17H2,1-3H3,(H,28,33)(H,29,32)(H,30,34)/t22-/m0/s1. The summed E-state index contributed by atoms with van der Waals surface area (Å²) in [6, 6.07) is 13.7. The van der Waals surface area contributed by atoms with Crippen LogP contribution in [0.25, 0.3) is 0 Å². The Kier molecular flexibility index (Phi) is 8.26. The molecule has 0 spiro atoms. The van der Waals surface area contributed by atoms with E-state index in [9.17, 15) is 18.8 Å². The van der Waals surface area contributed by atoms with Crippen LogP contribution in [0, 0.1) is 5.82 Å². The molecule has 2 aromatic carbocycles. The molecule has 2 aromatic rings. The van der Waals surface area contributed by atoms with E-state index in [1.807, 2.05) is 51.1 Å². The van der Waals surface area contributed by atoms with Gasteiger partial charge in [-0.15, -0.1) is 0 Å². The minimum atomic E-state index is -0.790. The number of rotatable bonds is 6. The summed E-state index contributed by atoms with van der Waals surface area (Å²) in [5, 5.41) is 8.80. The maximum absolute atomic E-state index is 13.2. The summed E-state index contributed by atoms with van der Waals surface area (Å²) in [5.41, 5.74) is 0.886. The van der Waals surface area contributed by atoms with Gasteiger partial charge in [0.25, 0.3) is 5.91 Å². The Hall–Kier alpha value is -3.42. The molecule has 3 rings (SSSR count). The number of piperidine rings is 1. The lowest BCUT2D eigenvalue weighted by Gasteiger charge is -2.35. The van der Waals surface area contributed by atoms with Gasteiger partial charge in [0.1, 0.15) is 11.9 Å². The molecule has 0 aliphatic carbocycles. The van der Waals surface area contributed by atoms with Gasteiger partial charge in [0, 0.05) is 36.7 Å². The zero-order chi connectivity index (χ0) is 24.7. The Labute approximate surface area is 200 Å². The predicted octanol–water partition coefficient (Wildman–Crippen LogP) is 3.26. The zero-order valence-corrected chi connectivity index (χ0v) is 19.9. The lowest BCUT2D eigenvalue weighted by Crippen LogP contribution is -2.55. The van der Waals surface area contributed by atoms with Gasteiger partial charge in [0.05, 0.1) is 0 Å². The van der Waals surface area contributed by atoms with Crippen LogP contribution in [0.3, 0.4) is 0 Å². The number of hydrogen-bond donors (Lipinski definition) is 3. The highest BCUT2D eigenvalue weighted by Crippen LogP contribution is 2.13. The second kappa shape index (κ2) is 11.1. The lowest BCUT2D eigenvalue weighted by atomic mass is 10.0. The van der Waals surface area contributed by atoms with Crippen LogP contribution in [0.1, 0.15) is 49.5 Å². The van der Waals surface area contributed by atoms with Gasteiger partial charge in [-0.25, -0.2) is 9.18 Å². The number of nitrogens with one attached hydrogen (secondary N) is 3. The molecule has 8 heteroatoms. The molecule has 0 radical (unpaired) electrons. The summed E-state index contributed by atoms with van der Waals surface area (Å²) < 4.78 is 13.2. The van der Waals surface area contributed by atoms with Gasteiger partial charge < -0.3 is 20.9 Å². The van der Waals surface area contributed by atoms with E-state index in [0.29, 0.717) is 32.4 Å². The molecule has 0 bridgehead atoms. The fourth-order valence-corrected chi connectivity index (χ4v) is 3.83. The van der Waals surface area contributed by atoms with Gasteiger partial charge in [-0.1, -0.05) is 30.3 Å². The molecule has 182 valence electrons. The van der Waals surface area contributed by atoms with Crippen LogP contribution in [0.15, 0.2) is 54.6 Å². The van der Waals surface area contributed by atoms with Crippen molar-refractivity contribution in [2.75, 3.05) is 13.1 Å². The van der Waals surface area contributed by atoms with Gasteiger partial charge >= 0.3 is 6.03 Å². The first-order chi connectivity index (χ1) is 16.1. The van der Waals surface area contributed by atoms with Crippen LogP contribution in [-0.2, 0) is 11.2 Å². The average Bonchev–Trinajstić information content (AvgIpc) is 2.79. The predicted molar refractivity (Wildman–Crippen MR) is 129 cm³/mol. The van der Waals surface area contributed by atoms with Crippen LogP contribution >= 0.6 is 0 Å². The second-order valence-electron chi connectivity index (χ2n) is 9.67. The number of nitrogens with zero attached hydrogens (tertiary/aromatic N) is 1. The van der Waals surface area contributed by atoms with Crippen LogP contribution in [0.5, 0.6) is 0 Å². The first-order valence-electron chi connectivity index (χ1n) is 11.6. The summed E-state index contributed by atoms with van der Waals surface area (Å²) >= 11 is 0. The minimum absolute atomic E-state index is 0.0906. The van der Waals surface area contributed by atoms with Crippen molar-refractivity contribution < 1.29 is 18.8 Å². The normalized spacial score (nSPS) is 15.4. The molecule has 0 saturated carbocycles. The quantitative estimate of drug-likeness (QED) is 0.608. The van der Waals surface area contributed by atoms with E-state index in [0.717, 1.165) is 5.56 Å². The van der Waals surface area contributed by atoms with E-state index in [4.69, 9.17) is 0 Å². The maximum atomic E-state index is 13.2. The van der Waals surface area contributed by atoms with Crippen LogP contribution < -0.4 is 16.0 Å². The number of amides is 4. The monoisotopic (exact) mass is 468 g/mol. The summed E-state index contributed by atoms with van der Waals surface area (Å²) in [6.45, 7) is 6.89. The molecular formula is C26H33FN4O3. The summed E-state index contributed by atoms with van der Waals surface area (Å²) in [5.74, 6) is -1.15. The Morgan fingerprint density at radius 1 is 1.00 bits per heavy atom. The fraction of sp³-hybridized carbons (Fsp3) is 0.423. The molecule has 1 aliphatic heterocycles. The number of urea groups is 1. The molecule has 34 heavy (non-hydrogen) atoms. The lowest BCUT2D eigenvalue weighted by molar-refractivity contribution is -0.123. The average molecular weight is 469 g/mol. The fourth-order valence-electron chi connectivity index (χ4n) is 3.83. The molecular weight excluding hydrogens is 435 g/mol. The molecule has 1 fully saturated rings. The molecule has 7 nitrogen and oxygen atoms in total. The molecule has 3 N–H and O–H groups in total. The van der Waals surface area contributed by atoms with Crippen molar-refractivity contribution in [1.29, 1.82) is 0 Å². The second-order valence-corrected chi connectivity index (χ2v) is 9.67. The summed E-state index contributed by atoms with van der Waals surface area (Å²) in [7, 11) is 0. The number of carbonyl (C=O) groups is 3. The molecule has 0 aromatic heterocycles. The Morgan fingerprint density at radius 2 is 1.62 bits per heavy atom. The minimum Gasteiger partial charge on any atom is -0.351 e. The molecule has 1 atom stereocenters. The molecule has 4 amide bonds. The highest BCUT2D eigenvalue weighted by Gasteiger charge is 2.29. The van der Waals surface area contributed by atoms with Gasteiger partial charge in [0.2, 0.25) is 5.91 Å². The summed E-state index contributed by atoms with van der Waals surface area (Å²) in [6.07, 6.45) is 1.59. The van der Waals surface area contributed by atoms with E-state index in [1.165, 1.54) is 24.3 Å². The highest BCUT2D eigenvalue weighted by atomic mass is 19.1. The Morgan fingerprint density at radius 3 is 2.21 bits per heavy atom. The van der Waals surface area contributed by atoms with E-state index in [-0.39, 0.29) is 29.1 Å². The van der Waals surface area contributed by atoms with Crippen molar-refractivity contribution in [3.05, 3.63) is 71.5 Å². The van der Waals surface area contributed by atoms with Crippen LogP contribution in [0.2, 0.25) is 0 Å². The largest absolute Gasteiger partial charge is 0.351 e. The van der Waals surface area contributed by atoms with Crippen LogP contribution in [0.4, 0.5) is 9.18 Å². The van der Waals surface area contributed by atoms with Crippen molar-refractivity contribution >= 4 is 17.8 Å². The van der Waals surface area contributed by atoms with Gasteiger partial charge in [-0.05, 0) is 63.4 Å². The van der Waals surface area contributed by atoms with E-state index >= 15 is 0 Å². The van der Waals surface area contributed by atoms with Crippen molar-refractivity contribution in [2.24, 2.45) is 0 Å². The van der Waals surface area contributed by atoms with Gasteiger partial charge in [0.15, 0.2) is 0 Å². The third-order valence-electron chi connectivity index (χ3n) is 5.62. The van der Waals surface area contributed by atoms with Gasteiger partial charge in [-0.2, -0.15) is 0 Å². The van der Waals surface area contributed by atoms with Crippen molar-refractivity contribution in [3.8, 4) is 0 Å².